The van der Waals surface area contributed by atoms with Crippen LogP contribution in [0, 0.1) is 0 Å². The average molecular weight is 392 g/mol. The summed E-state index contributed by atoms with van der Waals surface area (Å²) in [5.74, 6) is -0.648. The van der Waals surface area contributed by atoms with E-state index in [2.05, 4.69) is 38.2 Å². The van der Waals surface area contributed by atoms with Gasteiger partial charge in [0.2, 0.25) is 5.91 Å². The van der Waals surface area contributed by atoms with E-state index in [-0.39, 0.29) is 42.1 Å². The van der Waals surface area contributed by atoms with Gasteiger partial charge in [-0.1, -0.05) is 57.2 Å². The fourth-order valence-electron chi connectivity index (χ4n) is 3.51. The van der Waals surface area contributed by atoms with E-state index in [0.29, 0.717) is 17.5 Å². The molecule has 152 valence electrons. The first kappa shape index (κ1) is 20.8. The van der Waals surface area contributed by atoms with Gasteiger partial charge in [0.15, 0.2) is 0 Å². The molecule has 0 fully saturated rings. The fourth-order valence-corrected chi connectivity index (χ4v) is 3.51. The molecule has 2 aromatic rings. The van der Waals surface area contributed by atoms with Gasteiger partial charge in [-0.3, -0.25) is 19.3 Å². The largest absolute Gasteiger partial charge is 0.350 e. The predicted molar refractivity (Wildman–Crippen MR) is 113 cm³/mol. The molecule has 0 bridgehead atoms. The molecule has 1 aliphatic rings. The third-order valence-corrected chi connectivity index (χ3v) is 5.32. The molecule has 3 amide bonds. The summed E-state index contributed by atoms with van der Waals surface area (Å²) < 4.78 is 0. The minimum atomic E-state index is -0.279. The Bertz CT molecular complexity index is 891. The van der Waals surface area contributed by atoms with Crippen molar-refractivity contribution in [3.05, 3.63) is 70.8 Å². The Morgan fingerprint density at radius 3 is 2.03 bits per heavy atom. The van der Waals surface area contributed by atoms with Crippen molar-refractivity contribution in [1.82, 2.24) is 10.2 Å². The molecule has 1 aliphatic heterocycles. The highest BCUT2D eigenvalue weighted by molar-refractivity contribution is 6.21. The summed E-state index contributed by atoms with van der Waals surface area (Å²) in [5.41, 5.74) is 3.27. The maximum Gasteiger partial charge on any atom is 0.261 e. The van der Waals surface area contributed by atoms with Gasteiger partial charge in [0, 0.05) is 13.0 Å². The van der Waals surface area contributed by atoms with Crippen molar-refractivity contribution < 1.29 is 14.4 Å². The summed E-state index contributed by atoms with van der Waals surface area (Å²) in [6.45, 7) is 8.70. The first-order valence-electron chi connectivity index (χ1n) is 10.0. The molecule has 0 saturated heterocycles. The second-order valence-electron chi connectivity index (χ2n) is 8.57. The molecular weight excluding hydrogens is 364 g/mol. The van der Waals surface area contributed by atoms with E-state index in [4.69, 9.17) is 0 Å². The Kier molecular flexibility index (Phi) is 5.87. The molecule has 29 heavy (non-hydrogen) atoms. The summed E-state index contributed by atoms with van der Waals surface area (Å²) in [4.78, 5) is 38.2. The SMILES string of the molecule is C[C@@H](NC(=O)CCCN1C(=O)c2ccccc2C1=O)c1ccc(C(C)(C)C)cc1. The Hall–Kier alpha value is -2.95. The van der Waals surface area contributed by atoms with Crippen molar-refractivity contribution >= 4 is 17.7 Å². The van der Waals surface area contributed by atoms with Gasteiger partial charge < -0.3 is 5.32 Å². The topological polar surface area (TPSA) is 66.5 Å². The van der Waals surface area contributed by atoms with E-state index in [9.17, 15) is 14.4 Å². The molecule has 0 radical (unpaired) electrons. The Balaban J connectivity index is 1.49. The number of hydrogen-bond acceptors (Lipinski definition) is 3. The lowest BCUT2D eigenvalue weighted by Gasteiger charge is -2.21. The number of amides is 3. The molecule has 1 N–H and O–H groups in total. The van der Waals surface area contributed by atoms with Crippen LogP contribution in [0.25, 0.3) is 0 Å². The second kappa shape index (κ2) is 8.19. The monoisotopic (exact) mass is 392 g/mol. The molecule has 0 aliphatic carbocycles. The zero-order chi connectivity index (χ0) is 21.2. The van der Waals surface area contributed by atoms with Crippen LogP contribution >= 0.6 is 0 Å². The zero-order valence-corrected chi connectivity index (χ0v) is 17.5. The van der Waals surface area contributed by atoms with Crippen molar-refractivity contribution in [3.8, 4) is 0 Å². The van der Waals surface area contributed by atoms with Crippen LogP contribution in [-0.2, 0) is 10.2 Å². The molecule has 3 rings (SSSR count). The molecule has 1 atom stereocenters. The smallest absolute Gasteiger partial charge is 0.261 e. The normalized spacial score (nSPS) is 14.7. The minimum Gasteiger partial charge on any atom is -0.350 e. The fraction of sp³-hybridized carbons (Fsp3) is 0.375. The van der Waals surface area contributed by atoms with Crippen LogP contribution in [-0.4, -0.2) is 29.2 Å². The molecule has 0 saturated carbocycles. The third kappa shape index (κ3) is 4.56. The van der Waals surface area contributed by atoms with E-state index < -0.39 is 0 Å². The third-order valence-electron chi connectivity index (χ3n) is 5.32. The van der Waals surface area contributed by atoms with Crippen LogP contribution in [0.2, 0.25) is 0 Å². The van der Waals surface area contributed by atoms with Crippen LogP contribution in [0.5, 0.6) is 0 Å². The lowest BCUT2D eigenvalue weighted by Crippen LogP contribution is -2.32. The Morgan fingerprint density at radius 1 is 0.966 bits per heavy atom. The lowest BCUT2D eigenvalue weighted by atomic mass is 9.86. The first-order valence-corrected chi connectivity index (χ1v) is 10.0. The highest BCUT2D eigenvalue weighted by atomic mass is 16.2. The molecule has 1 heterocycles. The van der Waals surface area contributed by atoms with E-state index >= 15 is 0 Å². The number of nitrogens with zero attached hydrogens (tertiary/aromatic N) is 1. The van der Waals surface area contributed by atoms with Gasteiger partial charge in [0.25, 0.3) is 11.8 Å². The predicted octanol–water partition coefficient (Wildman–Crippen LogP) is 4.24. The maximum absolute atomic E-state index is 12.3. The molecule has 5 nitrogen and oxygen atoms in total. The number of fused-ring (bicyclic) bond motifs is 1. The van der Waals surface area contributed by atoms with E-state index in [0.717, 1.165) is 5.56 Å². The van der Waals surface area contributed by atoms with Gasteiger partial charge in [-0.15, -0.1) is 0 Å². The van der Waals surface area contributed by atoms with E-state index in [1.54, 1.807) is 24.3 Å². The molecule has 0 unspecified atom stereocenters. The van der Waals surface area contributed by atoms with E-state index in [1.807, 2.05) is 19.1 Å². The van der Waals surface area contributed by atoms with Crippen LogP contribution in [0.15, 0.2) is 48.5 Å². The lowest BCUT2D eigenvalue weighted by molar-refractivity contribution is -0.121. The minimum absolute atomic E-state index is 0.0889. The van der Waals surface area contributed by atoms with Crippen LogP contribution in [0.4, 0.5) is 0 Å². The highest BCUT2D eigenvalue weighted by Crippen LogP contribution is 2.24. The number of rotatable bonds is 6. The van der Waals surface area contributed by atoms with Crippen molar-refractivity contribution in [3.63, 3.8) is 0 Å². The summed E-state index contributed by atoms with van der Waals surface area (Å²) >= 11 is 0. The van der Waals surface area contributed by atoms with Crippen LogP contribution < -0.4 is 5.32 Å². The summed E-state index contributed by atoms with van der Waals surface area (Å²) in [5, 5.41) is 2.99. The second-order valence-corrected chi connectivity index (χ2v) is 8.57. The Morgan fingerprint density at radius 2 is 1.52 bits per heavy atom. The summed E-state index contributed by atoms with van der Waals surface area (Å²) in [6, 6.07) is 15.0. The number of imide groups is 1. The first-order chi connectivity index (χ1) is 13.7. The van der Waals surface area contributed by atoms with Gasteiger partial charge in [-0.25, -0.2) is 0 Å². The summed E-state index contributed by atoms with van der Waals surface area (Å²) in [7, 11) is 0. The van der Waals surface area contributed by atoms with Crippen LogP contribution in [0.1, 0.15) is 78.4 Å². The highest BCUT2D eigenvalue weighted by Gasteiger charge is 2.34. The maximum atomic E-state index is 12.3. The average Bonchev–Trinajstić information content (AvgIpc) is 2.92. The molecule has 0 spiro atoms. The molecule has 2 aromatic carbocycles. The van der Waals surface area contributed by atoms with Gasteiger partial charge in [-0.05, 0) is 42.0 Å². The van der Waals surface area contributed by atoms with Crippen molar-refractivity contribution in [2.75, 3.05) is 6.54 Å². The van der Waals surface area contributed by atoms with Crippen LogP contribution in [0.3, 0.4) is 0 Å². The van der Waals surface area contributed by atoms with Gasteiger partial charge in [0.05, 0.1) is 17.2 Å². The standard InChI is InChI=1S/C24H28N2O3/c1-16(17-11-13-18(14-12-17)24(2,3)4)25-21(27)10-7-15-26-22(28)19-8-5-6-9-20(19)23(26)29/h5-6,8-9,11-14,16H,7,10,15H2,1-4H3,(H,25,27)/t16-/m1/s1. The quantitative estimate of drug-likeness (QED) is 0.748. The number of carbonyl (C=O) groups is 3. The Labute approximate surface area is 172 Å². The van der Waals surface area contributed by atoms with Crippen molar-refractivity contribution in [1.29, 1.82) is 0 Å². The van der Waals surface area contributed by atoms with Gasteiger partial charge in [0.1, 0.15) is 0 Å². The van der Waals surface area contributed by atoms with Gasteiger partial charge >= 0.3 is 0 Å². The summed E-state index contributed by atoms with van der Waals surface area (Å²) in [6.07, 6.45) is 0.699. The van der Waals surface area contributed by atoms with Crippen molar-refractivity contribution in [2.45, 2.75) is 52.0 Å². The molecular formula is C24H28N2O3. The number of benzene rings is 2. The number of nitrogens with one attached hydrogen (secondary N) is 1. The number of carbonyl (C=O) groups excluding carboxylic acids is 3. The number of hydrogen-bond donors (Lipinski definition) is 1. The van der Waals surface area contributed by atoms with Gasteiger partial charge in [-0.2, -0.15) is 0 Å². The zero-order valence-electron chi connectivity index (χ0n) is 17.5. The van der Waals surface area contributed by atoms with Crippen molar-refractivity contribution in [2.24, 2.45) is 0 Å². The van der Waals surface area contributed by atoms with E-state index in [1.165, 1.54) is 10.5 Å². The molecule has 0 aromatic heterocycles. The molecule has 5 heteroatoms.